The quantitative estimate of drug-likeness (QED) is 0.655. The van der Waals surface area contributed by atoms with Gasteiger partial charge < -0.3 is 15.8 Å². The van der Waals surface area contributed by atoms with Crippen molar-refractivity contribution in [3.05, 3.63) is 59.9 Å². The number of nitrogens with zero attached hydrogens (tertiary/aromatic N) is 1. The van der Waals surface area contributed by atoms with Crippen LogP contribution in [0.15, 0.2) is 53.5 Å². The molecular weight excluding hydrogens is 293 g/mol. The largest absolute Gasteiger partial charge is 0.495 e. The minimum absolute atomic E-state index is 0.232. The first-order valence-corrected chi connectivity index (χ1v) is 7.39. The molecule has 0 heterocycles. The summed E-state index contributed by atoms with van der Waals surface area (Å²) in [5.74, 6) is 0.710. The number of rotatable bonds is 5. The molecular formula is C18H22FN3O. The Hall–Kier alpha value is -2.56. The van der Waals surface area contributed by atoms with E-state index >= 15 is 0 Å². The van der Waals surface area contributed by atoms with Crippen LogP contribution in [0.2, 0.25) is 0 Å². The third-order valence-corrected chi connectivity index (χ3v) is 3.62. The standard InChI is InChI=1S/C18H22FN3O/c1-18(2,13-8-4-5-9-14(13)19)12-21-17(20)22-15-10-6-7-11-16(15)23-3/h4-11H,12H2,1-3H3,(H3,20,21,22). The molecule has 0 amide bonds. The van der Waals surface area contributed by atoms with Gasteiger partial charge in [0.05, 0.1) is 19.3 Å². The fraction of sp³-hybridized carbons (Fsp3) is 0.278. The minimum atomic E-state index is -0.460. The van der Waals surface area contributed by atoms with Crippen molar-refractivity contribution in [1.82, 2.24) is 0 Å². The van der Waals surface area contributed by atoms with E-state index in [0.717, 1.165) is 5.69 Å². The third kappa shape index (κ3) is 4.22. The highest BCUT2D eigenvalue weighted by Crippen LogP contribution is 2.26. The topological polar surface area (TPSA) is 59.6 Å². The molecule has 23 heavy (non-hydrogen) atoms. The first-order chi connectivity index (χ1) is 10.9. The summed E-state index contributed by atoms with van der Waals surface area (Å²) in [6.07, 6.45) is 0. The fourth-order valence-electron chi connectivity index (χ4n) is 2.30. The normalized spacial score (nSPS) is 12.1. The van der Waals surface area contributed by atoms with Crippen molar-refractivity contribution in [3.8, 4) is 5.75 Å². The zero-order chi connectivity index (χ0) is 16.9. The van der Waals surface area contributed by atoms with E-state index in [2.05, 4.69) is 10.3 Å². The van der Waals surface area contributed by atoms with Crippen LogP contribution in [0.1, 0.15) is 19.4 Å². The Kier molecular flexibility index (Phi) is 5.21. The number of nitrogens with two attached hydrogens (primary N) is 1. The molecule has 0 atom stereocenters. The van der Waals surface area contributed by atoms with Gasteiger partial charge in [0, 0.05) is 5.41 Å². The van der Waals surface area contributed by atoms with E-state index in [0.29, 0.717) is 17.9 Å². The van der Waals surface area contributed by atoms with Crippen LogP contribution in [0.25, 0.3) is 0 Å². The van der Waals surface area contributed by atoms with Crippen LogP contribution in [0, 0.1) is 5.82 Å². The average molecular weight is 315 g/mol. The lowest BCUT2D eigenvalue weighted by Gasteiger charge is -2.24. The molecule has 2 aromatic carbocycles. The molecule has 0 bridgehead atoms. The van der Waals surface area contributed by atoms with E-state index < -0.39 is 5.41 Å². The van der Waals surface area contributed by atoms with Crippen LogP contribution in [0.5, 0.6) is 5.75 Å². The van der Waals surface area contributed by atoms with E-state index in [-0.39, 0.29) is 11.8 Å². The Morgan fingerprint density at radius 2 is 1.83 bits per heavy atom. The first-order valence-electron chi connectivity index (χ1n) is 7.39. The molecule has 0 unspecified atom stereocenters. The Labute approximate surface area is 136 Å². The zero-order valence-electron chi connectivity index (χ0n) is 13.6. The molecule has 4 nitrogen and oxygen atoms in total. The molecule has 0 aliphatic rings. The second-order valence-electron chi connectivity index (χ2n) is 5.89. The lowest BCUT2D eigenvalue weighted by atomic mass is 9.84. The summed E-state index contributed by atoms with van der Waals surface area (Å²) in [5, 5.41) is 3.01. The number of para-hydroxylation sites is 2. The van der Waals surface area contributed by atoms with Gasteiger partial charge in [0.15, 0.2) is 5.96 Å². The number of anilines is 1. The van der Waals surface area contributed by atoms with E-state index in [9.17, 15) is 4.39 Å². The molecule has 0 fully saturated rings. The number of nitrogens with one attached hydrogen (secondary N) is 1. The Balaban J connectivity index is 2.11. The van der Waals surface area contributed by atoms with Crippen molar-refractivity contribution in [2.45, 2.75) is 19.3 Å². The van der Waals surface area contributed by atoms with Crippen LogP contribution in [0.4, 0.5) is 10.1 Å². The van der Waals surface area contributed by atoms with Gasteiger partial charge in [-0.15, -0.1) is 0 Å². The summed E-state index contributed by atoms with van der Waals surface area (Å²) < 4.78 is 19.2. The van der Waals surface area contributed by atoms with Gasteiger partial charge in [0.1, 0.15) is 11.6 Å². The van der Waals surface area contributed by atoms with Gasteiger partial charge in [-0.1, -0.05) is 44.2 Å². The van der Waals surface area contributed by atoms with Crippen LogP contribution < -0.4 is 15.8 Å². The number of benzene rings is 2. The number of hydrogen-bond donors (Lipinski definition) is 2. The van der Waals surface area contributed by atoms with E-state index in [1.165, 1.54) is 6.07 Å². The summed E-state index contributed by atoms with van der Waals surface area (Å²) >= 11 is 0. The number of halogens is 1. The molecule has 0 radical (unpaired) electrons. The lowest BCUT2D eigenvalue weighted by Crippen LogP contribution is -2.28. The van der Waals surface area contributed by atoms with Gasteiger partial charge in [-0.2, -0.15) is 0 Å². The molecule has 2 aromatic rings. The Morgan fingerprint density at radius 3 is 2.52 bits per heavy atom. The van der Waals surface area contributed by atoms with Gasteiger partial charge in [-0.3, -0.25) is 4.99 Å². The molecule has 0 spiro atoms. The number of guanidine groups is 1. The Morgan fingerprint density at radius 1 is 1.17 bits per heavy atom. The summed E-state index contributed by atoms with van der Waals surface area (Å²) in [4.78, 5) is 4.35. The first kappa shape index (κ1) is 16.8. The van der Waals surface area contributed by atoms with Gasteiger partial charge in [-0.05, 0) is 23.8 Å². The van der Waals surface area contributed by atoms with E-state index in [1.54, 1.807) is 19.2 Å². The molecule has 0 saturated carbocycles. The number of methoxy groups -OCH3 is 1. The van der Waals surface area contributed by atoms with Crippen molar-refractivity contribution in [3.63, 3.8) is 0 Å². The van der Waals surface area contributed by atoms with Crippen molar-refractivity contribution in [2.75, 3.05) is 19.0 Å². The van der Waals surface area contributed by atoms with Gasteiger partial charge in [0.25, 0.3) is 0 Å². The number of aliphatic imine (C=N–C) groups is 1. The van der Waals surface area contributed by atoms with Crippen molar-refractivity contribution >= 4 is 11.6 Å². The fourth-order valence-corrected chi connectivity index (χ4v) is 2.30. The Bertz CT molecular complexity index is 698. The SMILES string of the molecule is COc1ccccc1NC(N)=NCC(C)(C)c1ccccc1F. The molecule has 122 valence electrons. The predicted molar refractivity (Wildman–Crippen MR) is 92.5 cm³/mol. The molecule has 2 rings (SSSR count). The number of ether oxygens (including phenoxy) is 1. The minimum Gasteiger partial charge on any atom is -0.495 e. The zero-order valence-corrected chi connectivity index (χ0v) is 13.6. The monoisotopic (exact) mass is 315 g/mol. The molecule has 0 aliphatic heterocycles. The van der Waals surface area contributed by atoms with Crippen LogP contribution in [-0.2, 0) is 5.41 Å². The maximum Gasteiger partial charge on any atom is 0.193 e. The third-order valence-electron chi connectivity index (χ3n) is 3.62. The van der Waals surface area contributed by atoms with Gasteiger partial charge in [0.2, 0.25) is 0 Å². The van der Waals surface area contributed by atoms with E-state index in [1.807, 2.05) is 44.2 Å². The second-order valence-corrected chi connectivity index (χ2v) is 5.89. The van der Waals surface area contributed by atoms with E-state index in [4.69, 9.17) is 10.5 Å². The predicted octanol–water partition coefficient (Wildman–Crippen LogP) is 3.54. The van der Waals surface area contributed by atoms with Crippen LogP contribution in [0.3, 0.4) is 0 Å². The summed E-state index contributed by atoms with van der Waals surface area (Å²) in [7, 11) is 1.59. The molecule has 0 aliphatic carbocycles. The van der Waals surface area contributed by atoms with Gasteiger partial charge >= 0.3 is 0 Å². The smallest absolute Gasteiger partial charge is 0.193 e. The molecule has 5 heteroatoms. The van der Waals surface area contributed by atoms with Crippen LogP contribution >= 0.6 is 0 Å². The number of hydrogen-bond acceptors (Lipinski definition) is 2. The molecule has 3 N–H and O–H groups in total. The van der Waals surface area contributed by atoms with Crippen molar-refractivity contribution in [1.29, 1.82) is 0 Å². The maximum absolute atomic E-state index is 13.9. The second kappa shape index (κ2) is 7.13. The highest BCUT2D eigenvalue weighted by Gasteiger charge is 2.23. The molecule has 0 saturated heterocycles. The molecule has 0 aromatic heterocycles. The average Bonchev–Trinajstić information content (AvgIpc) is 2.54. The maximum atomic E-state index is 13.9. The summed E-state index contributed by atoms with van der Waals surface area (Å²) in [5.41, 5.74) is 6.84. The highest BCUT2D eigenvalue weighted by atomic mass is 19.1. The van der Waals surface area contributed by atoms with Crippen LogP contribution in [-0.4, -0.2) is 19.6 Å². The highest BCUT2D eigenvalue weighted by molar-refractivity contribution is 5.93. The van der Waals surface area contributed by atoms with Crippen molar-refractivity contribution in [2.24, 2.45) is 10.7 Å². The lowest BCUT2D eigenvalue weighted by molar-refractivity contribution is 0.417. The summed E-state index contributed by atoms with van der Waals surface area (Å²) in [6.45, 7) is 4.23. The summed E-state index contributed by atoms with van der Waals surface area (Å²) in [6, 6.07) is 14.2. The van der Waals surface area contributed by atoms with Crippen molar-refractivity contribution < 1.29 is 9.13 Å². The van der Waals surface area contributed by atoms with Gasteiger partial charge in [-0.25, -0.2) is 4.39 Å².